The number of hydrogen-bond acceptors (Lipinski definition) is 6. The van der Waals surface area contributed by atoms with Crippen molar-refractivity contribution < 1.29 is 19.4 Å². The van der Waals surface area contributed by atoms with Gasteiger partial charge in [0.15, 0.2) is 0 Å². The summed E-state index contributed by atoms with van der Waals surface area (Å²) in [4.78, 5) is 27.1. The van der Waals surface area contributed by atoms with Gasteiger partial charge in [-0.2, -0.15) is 0 Å². The Morgan fingerprint density at radius 1 is 1.50 bits per heavy atom. The van der Waals surface area contributed by atoms with Crippen molar-refractivity contribution in [3.8, 4) is 0 Å². The fraction of sp³-hybridized carbons (Fsp3) is 0.545. The van der Waals surface area contributed by atoms with E-state index in [-0.39, 0.29) is 6.42 Å². The summed E-state index contributed by atoms with van der Waals surface area (Å²) in [7, 11) is 0. The first-order valence-electron chi connectivity index (χ1n) is 5.29. The zero-order chi connectivity index (χ0) is 14.0. The fourth-order valence-corrected chi connectivity index (χ4v) is 1.89. The molecule has 0 aliphatic rings. The lowest BCUT2D eigenvalue weighted by Crippen LogP contribution is -2.58. The Bertz CT molecular complexity index is 438. The Morgan fingerprint density at radius 2 is 2.11 bits per heavy atom. The second kappa shape index (κ2) is 5.03. The maximum Gasteiger partial charge on any atom is 0.338 e. The van der Waals surface area contributed by atoms with E-state index in [9.17, 15) is 9.59 Å². The number of thiazole rings is 1. The lowest BCUT2D eigenvalue weighted by molar-refractivity contribution is -0.169. The third-order valence-electron chi connectivity index (χ3n) is 2.06. The second-order valence-electron chi connectivity index (χ2n) is 4.88. The predicted molar refractivity (Wildman–Crippen MR) is 66.2 cm³/mol. The van der Waals surface area contributed by atoms with E-state index in [0.717, 1.165) is 0 Å². The highest BCUT2D eigenvalue weighted by Gasteiger charge is 2.46. The van der Waals surface area contributed by atoms with Crippen LogP contribution in [0.25, 0.3) is 0 Å². The molecule has 1 aromatic rings. The van der Waals surface area contributed by atoms with Gasteiger partial charge in [-0.25, -0.2) is 14.6 Å². The number of carbonyl (C=O) groups excluding carboxylic acids is 1. The summed E-state index contributed by atoms with van der Waals surface area (Å²) in [5.41, 5.74) is 2.78. The molecular formula is C11H16N2O4S. The number of aliphatic carboxylic acids is 1. The minimum absolute atomic E-state index is 0.186. The third kappa shape index (κ3) is 3.51. The van der Waals surface area contributed by atoms with E-state index >= 15 is 0 Å². The van der Waals surface area contributed by atoms with Gasteiger partial charge in [0.1, 0.15) is 5.60 Å². The Morgan fingerprint density at radius 3 is 2.50 bits per heavy atom. The second-order valence-corrected chi connectivity index (χ2v) is 5.86. The predicted octanol–water partition coefficient (Wildman–Crippen LogP) is 0.809. The van der Waals surface area contributed by atoms with Crippen LogP contribution < -0.4 is 5.73 Å². The van der Waals surface area contributed by atoms with Gasteiger partial charge in [-0.1, -0.05) is 0 Å². The van der Waals surface area contributed by atoms with E-state index in [1.165, 1.54) is 17.5 Å². The Kier molecular flexibility index (Phi) is 4.08. The zero-order valence-electron chi connectivity index (χ0n) is 10.5. The van der Waals surface area contributed by atoms with Gasteiger partial charge in [0, 0.05) is 18.0 Å². The summed E-state index contributed by atoms with van der Waals surface area (Å²) >= 11 is 1.24. The molecule has 0 radical (unpaired) electrons. The quantitative estimate of drug-likeness (QED) is 0.621. The summed E-state index contributed by atoms with van der Waals surface area (Å²) in [6, 6.07) is 0. The minimum atomic E-state index is -2.11. The van der Waals surface area contributed by atoms with E-state index in [2.05, 4.69) is 4.98 Å². The molecule has 1 unspecified atom stereocenters. The summed E-state index contributed by atoms with van der Waals surface area (Å²) in [5.74, 6) is -2.38. The highest BCUT2D eigenvalue weighted by Crippen LogP contribution is 2.19. The number of carboxylic acid groups (broad SMARTS) is 1. The van der Waals surface area contributed by atoms with Crippen LogP contribution in [-0.2, 0) is 20.7 Å². The molecule has 3 N–H and O–H groups in total. The molecule has 1 heterocycles. The van der Waals surface area contributed by atoms with Gasteiger partial charge >= 0.3 is 11.9 Å². The molecule has 1 rings (SSSR count). The van der Waals surface area contributed by atoms with Crippen LogP contribution in [0.2, 0.25) is 0 Å². The van der Waals surface area contributed by atoms with Crippen molar-refractivity contribution in [1.29, 1.82) is 0 Å². The smallest absolute Gasteiger partial charge is 0.338 e. The Balaban J connectivity index is 2.93. The van der Waals surface area contributed by atoms with Gasteiger partial charge in [0.05, 0.1) is 5.01 Å². The number of esters is 1. The van der Waals surface area contributed by atoms with Crippen LogP contribution in [0.4, 0.5) is 0 Å². The first-order valence-corrected chi connectivity index (χ1v) is 6.17. The number of hydrogen-bond donors (Lipinski definition) is 2. The molecule has 1 aromatic heterocycles. The molecule has 6 nitrogen and oxygen atoms in total. The van der Waals surface area contributed by atoms with Crippen molar-refractivity contribution >= 4 is 23.3 Å². The van der Waals surface area contributed by atoms with Crippen LogP contribution >= 0.6 is 11.3 Å². The number of rotatable bonds is 4. The summed E-state index contributed by atoms with van der Waals surface area (Å²) in [6.07, 6.45) is 1.34. The highest BCUT2D eigenvalue weighted by atomic mass is 32.1. The van der Waals surface area contributed by atoms with Crippen molar-refractivity contribution in [3.63, 3.8) is 0 Å². The molecule has 0 aliphatic heterocycles. The van der Waals surface area contributed by atoms with Crippen LogP contribution in [0.3, 0.4) is 0 Å². The van der Waals surface area contributed by atoms with E-state index in [1.807, 2.05) is 0 Å². The number of carbonyl (C=O) groups is 2. The first kappa shape index (κ1) is 14.6. The monoisotopic (exact) mass is 272 g/mol. The van der Waals surface area contributed by atoms with Crippen molar-refractivity contribution in [2.75, 3.05) is 0 Å². The minimum Gasteiger partial charge on any atom is -0.479 e. The molecule has 0 amide bonds. The molecule has 1 atom stereocenters. The molecule has 100 valence electrons. The molecule has 0 aliphatic carbocycles. The number of aromatic nitrogens is 1. The molecular weight excluding hydrogens is 256 g/mol. The molecule has 0 saturated heterocycles. The van der Waals surface area contributed by atoms with E-state index in [1.54, 1.807) is 26.2 Å². The lowest BCUT2D eigenvalue weighted by Gasteiger charge is -2.27. The normalized spacial score (nSPS) is 14.9. The maximum absolute atomic E-state index is 11.9. The first-order chi connectivity index (χ1) is 8.15. The van der Waals surface area contributed by atoms with Crippen LogP contribution in [0, 0.1) is 0 Å². The number of ether oxygens (including phenoxy) is 1. The Labute approximate surface area is 109 Å². The lowest BCUT2D eigenvalue weighted by atomic mass is 9.97. The molecule has 0 bridgehead atoms. The van der Waals surface area contributed by atoms with Crippen molar-refractivity contribution in [1.82, 2.24) is 4.98 Å². The molecule has 0 fully saturated rings. The number of carboxylic acids is 1. The van der Waals surface area contributed by atoms with Crippen molar-refractivity contribution in [3.05, 3.63) is 16.6 Å². The Hall–Kier alpha value is -1.47. The molecule has 0 spiro atoms. The topological polar surface area (TPSA) is 103 Å². The molecule has 0 saturated carbocycles. The van der Waals surface area contributed by atoms with Gasteiger partial charge in [0.25, 0.3) is 0 Å². The molecule has 7 heteroatoms. The van der Waals surface area contributed by atoms with Gasteiger partial charge in [0.2, 0.25) is 5.54 Å². The number of nitrogens with zero attached hydrogens (tertiary/aromatic N) is 1. The van der Waals surface area contributed by atoms with Crippen LogP contribution in [-0.4, -0.2) is 33.2 Å². The molecule has 18 heavy (non-hydrogen) atoms. The van der Waals surface area contributed by atoms with Gasteiger partial charge in [-0.3, -0.25) is 0 Å². The fourth-order valence-electron chi connectivity index (χ4n) is 1.18. The van der Waals surface area contributed by atoms with Crippen LogP contribution in [0.1, 0.15) is 25.8 Å². The van der Waals surface area contributed by atoms with Gasteiger partial charge < -0.3 is 15.6 Å². The largest absolute Gasteiger partial charge is 0.479 e. The van der Waals surface area contributed by atoms with E-state index in [4.69, 9.17) is 15.6 Å². The molecule has 0 aromatic carbocycles. The van der Waals surface area contributed by atoms with Crippen LogP contribution in [0.5, 0.6) is 0 Å². The van der Waals surface area contributed by atoms with Crippen molar-refractivity contribution in [2.24, 2.45) is 5.73 Å². The summed E-state index contributed by atoms with van der Waals surface area (Å²) in [6.45, 7) is 4.95. The van der Waals surface area contributed by atoms with E-state index < -0.39 is 23.1 Å². The number of nitrogens with two attached hydrogens (primary N) is 1. The average molecular weight is 272 g/mol. The third-order valence-corrected chi connectivity index (χ3v) is 2.84. The average Bonchev–Trinajstić information content (AvgIpc) is 2.66. The standard InChI is InChI=1S/C11H16N2O4S/c1-10(2,3)17-9(16)11(12,8(14)15)6-7-13-4-5-18-7/h4-5H,6,12H2,1-3H3,(H,14,15). The summed E-state index contributed by atoms with van der Waals surface area (Å²) < 4.78 is 5.05. The maximum atomic E-state index is 11.9. The van der Waals surface area contributed by atoms with Gasteiger partial charge in [-0.05, 0) is 20.8 Å². The van der Waals surface area contributed by atoms with Crippen molar-refractivity contribution in [2.45, 2.75) is 38.3 Å². The SMILES string of the molecule is CC(C)(C)OC(=O)C(N)(Cc1nccs1)C(=O)O. The summed E-state index contributed by atoms with van der Waals surface area (Å²) in [5, 5.41) is 11.3. The highest BCUT2D eigenvalue weighted by molar-refractivity contribution is 7.09. The van der Waals surface area contributed by atoms with Gasteiger partial charge in [-0.15, -0.1) is 11.3 Å². The van der Waals surface area contributed by atoms with Crippen LogP contribution in [0.15, 0.2) is 11.6 Å². The zero-order valence-corrected chi connectivity index (χ0v) is 11.3. The van der Waals surface area contributed by atoms with E-state index in [0.29, 0.717) is 5.01 Å².